The van der Waals surface area contributed by atoms with Crippen LogP contribution in [0.3, 0.4) is 0 Å². The average Bonchev–Trinajstić information content (AvgIpc) is 3.06. The Morgan fingerprint density at radius 2 is 2.07 bits per heavy atom. The van der Waals surface area contributed by atoms with E-state index in [2.05, 4.69) is 20.2 Å². The standard InChI is InChI=1S/C18H20N6O3S/c1-23-12-14(11-20-23)28(25,26)24-7-4-18(5-8-24)9-15(18)17-21-16(22-27-17)13-3-2-6-19-10-13/h2-3,6,10-12,15H,4-5,7-9H2,1H3/t15-/m1/s1. The molecule has 9 nitrogen and oxygen atoms in total. The van der Waals surface area contributed by atoms with E-state index in [-0.39, 0.29) is 16.2 Å². The van der Waals surface area contributed by atoms with Gasteiger partial charge >= 0.3 is 0 Å². The molecule has 2 fully saturated rings. The first-order chi connectivity index (χ1) is 13.5. The highest BCUT2D eigenvalue weighted by Gasteiger charge is 2.59. The second kappa shape index (κ2) is 6.21. The van der Waals surface area contributed by atoms with Crippen molar-refractivity contribution in [1.29, 1.82) is 0 Å². The monoisotopic (exact) mass is 400 g/mol. The number of hydrogen-bond donors (Lipinski definition) is 0. The highest BCUT2D eigenvalue weighted by atomic mass is 32.2. The Morgan fingerprint density at radius 1 is 1.25 bits per heavy atom. The summed E-state index contributed by atoms with van der Waals surface area (Å²) >= 11 is 0. The Hall–Kier alpha value is -2.59. The SMILES string of the molecule is Cn1cc(S(=O)(=O)N2CCC3(CC2)C[C@@H]3c2nc(-c3cccnc3)no2)cn1. The predicted molar refractivity (Wildman–Crippen MR) is 98.5 cm³/mol. The molecule has 1 spiro atoms. The molecule has 1 saturated heterocycles. The number of hydrogen-bond acceptors (Lipinski definition) is 7. The molecule has 0 aromatic carbocycles. The van der Waals surface area contributed by atoms with Crippen molar-refractivity contribution in [2.45, 2.75) is 30.1 Å². The molecular weight excluding hydrogens is 380 g/mol. The summed E-state index contributed by atoms with van der Waals surface area (Å²) in [6.07, 6.45) is 8.90. The fourth-order valence-electron chi connectivity index (χ4n) is 4.09. The van der Waals surface area contributed by atoms with Crippen LogP contribution in [0.4, 0.5) is 0 Å². The van der Waals surface area contributed by atoms with E-state index in [0.717, 1.165) is 24.8 Å². The van der Waals surface area contributed by atoms with E-state index < -0.39 is 10.0 Å². The van der Waals surface area contributed by atoms with E-state index in [0.29, 0.717) is 24.8 Å². The van der Waals surface area contributed by atoms with Crippen molar-refractivity contribution in [2.75, 3.05) is 13.1 Å². The Kier molecular flexibility index (Phi) is 3.88. The van der Waals surface area contributed by atoms with Gasteiger partial charge in [-0.2, -0.15) is 14.4 Å². The number of nitrogens with zero attached hydrogens (tertiary/aromatic N) is 6. The lowest BCUT2D eigenvalue weighted by Crippen LogP contribution is -2.39. The quantitative estimate of drug-likeness (QED) is 0.657. The van der Waals surface area contributed by atoms with E-state index in [1.165, 1.54) is 17.1 Å². The van der Waals surface area contributed by atoms with Crippen molar-refractivity contribution in [3.63, 3.8) is 0 Å². The minimum absolute atomic E-state index is 0.0691. The van der Waals surface area contributed by atoms with Crippen LogP contribution in [-0.2, 0) is 17.1 Å². The summed E-state index contributed by atoms with van der Waals surface area (Å²) in [6.45, 7) is 0.995. The second-order valence-electron chi connectivity index (χ2n) is 7.57. The minimum atomic E-state index is -3.49. The van der Waals surface area contributed by atoms with Crippen LogP contribution in [0.25, 0.3) is 11.4 Å². The van der Waals surface area contributed by atoms with Crippen LogP contribution in [0.5, 0.6) is 0 Å². The van der Waals surface area contributed by atoms with Gasteiger partial charge in [-0.15, -0.1) is 0 Å². The summed E-state index contributed by atoms with van der Waals surface area (Å²) in [5, 5.41) is 8.06. The van der Waals surface area contributed by atoms with E-state index in [1.807, 2.05) is 12.1 Å². The predicted octanol–water partition coefficient (Wildman–Crippen LogP) is 1.82. The summed E-state index contributed by atoms with van der Waals surface area (Å²) in [6, 6.07) is 3.73. The van der Waals surface area contributed by atoms with Gasteiger partial charge in [0.1, 0.15) is 4.90 Å². The normalized spacial score (nSPS) is 21.8. The van der Waals surface area contributed by atoms with Crippen molar-refractivity contribution in [1.82, 2.24) is 29.2 Å². The van der Waals surface area contributed by atoms with E-state index in [4.69, 9.17) is 4.52 Å². The van der Waals surface area contributed by atoms with Crippen molar-refractivity contribution in [2.24, 2.45) is 12.5 Å². The third-order valence-electron chi connectivity index (χ3n) is 5.89. The molecule has 10 heteroatoms. The Balaban J connectivity index is 1.27. The first-order valence-corrected chi connectivity index (χ1v) is 10.6. The smallest absolute Gasteiger partial charge is 0.246 e. The van der Waals surface area contributed by atoms with Gasteiger partial charge in [-0.05, 0) is 36.8 Å². The molecule has 0 N–H and O–H groups in total. The maximum Gasteiger partial charge on any atom is 0.246 e. The van der Waals surface area contributed by atoms with Gasteiger partial charge < -0.3 is 4.52 Å². The van der Waals surface area contributed by atoms with Crippen LogP contribution >= 0.6 is 0 Å². The molecule has 2 aliphatic rings. The average molecular weight is 400 g/mol. The maximum atomic E-state index is 12.8. The van der Waals surface area contributed by atoms with Crippen molar-refractivity contribution in [3.8, 4) is 11.4 Å². The molecule has 1 aliphatic carbocycles. The lowest BCUT2D eigenvalue weighted by molar-refractivity contribution is 0.242. The topological polar surface area (TPSA) is 107 Å². The van der Waals surface area contributed by atoms with Crippen molar-refractivity contribution < 1.29 is 12.9 Å². The zero-order valence-electron chi connectivity index (χ0n) is 15.4. The summed E-state index contributed by atoms with van der Waals surface area (Å²) in [4.78, 5) is 8.88. The molecule has 146 valence electrons. The number of aromatic nitrogens is 5. The van der Waals surface area contributed by atoms with Gasteiger partial charge in [0.15, 0.2) is 0 Å². The molecule has 0 amide bonds. The molecule has 4 heterocycles. The maximum absolute atomic E-state index is 12.8. The molecule has 0 unspecified atom stereocenters. The van der Waals surface area contributed by atoms with Crippen LogP contribution < -0.4 is 0 Å². The molecular formula is C18H20N6O3S. The highest BCUT2D eigenvalue weighted by Crippen LogP contribution is 2.64. The molecule has 5 rings (SSSR count). The number of sulfonamides is 1. The third kappa shape index (κ3) is 2.83. The van der Waals surface area contributed by atoms with Crippen LogP contribution in [0.1, 0.15) is 31.1 Å². The van der Waals surface area contributed by atoms with Gasteiger partial charge in [0.25, 0.3) is 0 Å². The number of rotatable bonds is 4. The van der Waals surface area contributed by atoms with Crippen molar-refractivity contribution in [3.05, 3.63) is 42.8 Å². The first-order valence-electron chi connectivity index (χ1n) is 9.21. The molecule has 1 saturated carbocycles. The molecule has 28 heavy (non-hydrogen) atoms. The zero-order valence-corrected chi connectivity index (χ0v) is 16.2. The van der Waals surface area contributed by atoms with Crippen LogP contribution in [0.2, 0.25) is 0 Å². The van der Waals surface area contributed by atoms with Crippen molar-refractivity contribution >= 4 is 10.0 Å². The van der Waals surface area contributed by atoms with E-state index >= 15 is 0 Å². The molecule has 0 bridgehead atoms. The summed E-state index contributed by atoms with van der Waals surface area (Å²) < 4.78 is 34.1. The molecule has 0 radical (unpaired) electrons. The van der Waals surface area contributed by atoms with Gasteiger partial charge in [-0.3, -0.25) is 9.67 Å². The molecule has 3 aromatic rings. The zero-order chi connectivity index (χ0) is 19.4. The van der Waals surface area contributed by atoms with Gasteiger partial charge in [0.05, 0.1) is 6.20 Å². The largest absolute Gasteiger partial charge is 0.339 e. The van der Waals surface area contributed by atoms with Gasteiger partial charge in [0.2, 0.25) is 21.7 Å². The van der Waals surface area contributed by atoms with Crippen LogP contribution in [0, 0.1) is 5.41 Å². The minimum Gasteiger partial charge on any atom is -0.339 e. The van der Waals surface area contributed by atoms with Crippen LogP contribution in [0.15, 0.2) is 46.3 Å². The number of aryl methyl sites for hydroxylation is 1. The summed E-state index contributed by atoms with van der Waals surface area (Å²) in [5.74, 6) is 1.39. The number of piperidine rings is 1. The summed E-state index contributed by atoms with van der Waals surface area (Å²) in [5.41, 5.74) is 0.893. The summed E-state index contributed by atoms with van der Waals surface area (Å²) in [7, 11) is -1.77. The fraction of sp³-hybridized carbons (Fsp3) is 0.444. The lowest BCUT2D eigenvalue weighted by Gasteiger charge is -2.31. The van der Waals surface area contributed by atoms with Crippen LogP contribution in [-0.4, -0.2) is 50.7 Å². The lowest BCUT2D eigenvalue weighted by atomic mass is 9.92. The Bertz CT molecular complexity index is 1100. The van der Waals surface area contributed by atoms with Gasteiger partial charge in [-0.1, -0.05) is 5.16 Å². The fourth-order valence-corrected chi connectivity index (χ4v) is 5.52. The second-order valence-corrected chi connectivity index (χ2v) is 9.51. The third-order valence-corrected chi connectivity index (χ3v) is 7.74. The number of pyridine rings is 1. The highest BCUT2D eigenvalue weighted by molar-refractivity contribution is 7.89. The molecule has 3 aromatic heterocycles. The Morgan fingerprint density at radius 3 is 2.75 bits per heavy atom. The van der Waals surface area contributed by atoms with Gasteiger partial charge in [0, 0.05) is 50.2 Å². The van der Waals surface area contributed by atoms with Gasteiger partial charge in [-0.25, -0.2) is 8.42 Å². The molecule has 1 aliphatic heterocycles. The first kappa shape index (κ1) is 17.5. The molecule has 1 atom stereocenters. The Labute approximate surface area is 162 Å². The van der Waals surface area contributed by atoms with E-state index in [9.17, 15) is 8.42 Å². The van der Waals surface area contributed by atoms with E-state index in [1.54, 1.807) is 23.7 Å².